The van der Waals surface area contributed by atoms with Crippen molar-refractivity contribution in [3.05, 3.63) is 0 Å². The zero-order valence-electron chi connectivity index (χ0n) is 18.3. The van der Waals surface area contributed by atoms with Crippen LogP contribution in [0.4, 0.5) is 4.79 Å². The van der Waals surface area contributed by atoms with E-state index in [-0.39, 0.29) is 24.1 Å². The van der Waals surface area contributed by atoms with E-state index in [1.165, 1.54) is 12.8 Å². The smallest absolute Gasteiger partial charge is 0.408 e. The van der Waals surface area contributed by atoms with Crippen LogP contribution in [0.3, 0.4) is 0 Å². The molecule has 6 nitrogen and oxygen atoms in total. The SMILES string of the molecule is CCCC[C@H]1[C@H](C)OC(=O)[C@@H](NC(=O)OC(C)(C)C)CCC[C@@H]1OCC1CC1. The van der Waals surface area contributed by atoms with Crippen molar-refractivity contribution in [1.82, 2.24) is 5.32 Å². The summed E-state index contributed by atoms with van der Waals surface area (Å²) in [5, 5.41) is 2.70. The fraction of sp³-hybridized carbons (Fsp3) is 0.909. The highest BCUT2D eigenvalue weighted by atomic mass is 16.6. The largest absolute Gasteiger partial charge is 0.461 e. The van der Waals surface area contributed by atoms with Gasteiger partial charge in [0, 0.05) is 12.5 Å². The lowest BCUT2D eigenvalue weighted by Gasteiger charge is -2.31. The molecule has 1 amide bonds. The first kappa shape index (κ1) is 23.0. The Balaban J connectivity index is 2.02. The normalized spacial score (nSPS) is 29.2. The highest BCUT2D eigenvalue weighted by molar-refractivity contribution is 5.81. The van der Waals surface area contributed by atoms with E-state index in [1.54, 1.807) is 20.8 Å². The van der Waals surface area contributed by atoms with E-state index >= 15 is 0 Å². The fourth-order valence-electron chi connectivity index (χ4n) is 3.70. The number of alkyl carbamates (subject to hydrolysis) is 1. The summed E-state index contributed by atoms with van der Waals surface area (Å²) in [6, 6.07) is -0.675. The number of rotatable bonds is 7. The summed E-state index contributed by atoms with van der Waals surface area (Å²) in [6.45, 7) is 10.4. The number of ether oxygens (including phenoxy) is 3. The predicted molar refractivity (Wildman–Crippen MR) is 108 cm³/mol. The molecular weight excluding hydrogens is 358 g/mol. The van der Waals surface area contributed by atoms with Crippen molar-refractivity contribution >= 4 is 12.1 Å². The molecule has 28 heavy (non-hydrogen) atoms. The number of carbonyl (C=O) groups excluding carboxylic acids is 2. The standard InChI is InChI=1S/C22H39NO5/c1-6-7-9-17-15(2)27-20(24)18(23-21(25)28-22(3,4)5)10-8-11-19(17)26-14-16-12-13-16/h15-19H,6-14H2,1-5H3,(H,23,25)/t15-,17-,18-,19-/m0/s1. The predicted octanol–water partition coefficient (Wildman–Crippen LogP) is 4.60. The van der Waals surface area contributed by atoms with Gasteiger partial charge in [-0.1, -0.05) is 19.8 Å². The van der Waals surface area contributed by atoms with E-state index in [0.717, 1.165) is 38.7 Å². The van der Waals surface area contributed by atoms with Crippen LogP contribution >= 0.6 is 0 Å². The Bertz CT molecular complexity index is 512. The van der Waals surface area contributed by atoms with Crippen LogP contribution in [0.5, 0.6) is 0 Å². The van der Waals surface area contributed by atoms with E-state index in [4.69, 9.17) is 14.2 Å². The van der Waals surface area contributed by atoms with Crippen LogP contribution in [0.1, 0.15) is 86.0 Å². The Hall–Kier alpha value is -1.30. The van der Waals surface area contributed by atoms with Gasteiger partial charge in [-0.25, -0.2) is 9.59 Å². The van der Waals surface area contributed by atoms with Crippen LogP contribution < -0.4 is 5.32 Å². The third-order valence-corrected chi connectivity index (χ3v) is 5.47. The quantitative estimate of drug-likeness (QED) is 0.636. The molecule has 0 aromatic carbocycles. The summed E-state index contributed by atoms with van der Waals surface area (Å²) >= 11 is 0. The Morgan fingerprint density at radius 1 is 1.21 bits per heavy atom. The molecule has 0 bridgehead atoms. The van der Waals surface area contributed by atoms with E-state index in [2.05, 4.69) is 12.2 Å². The molecule has 1 saturated heterocycles. The van der Waals surface area contributed by atoms with Gasteiger partial charge in [-0.3, -0.25) is 0 Å². The number of carbonyl (C=O) groups is 2. The molecule has 1 aliphatic carbocycles. The van der Waals surface area contributed by atoms with Crippen molar-refractivity contribution in [2.45, 2.75) is 110 Å². The lowest BCUT2D eigenvalue weighted by molar-refractivity contribution is -0.156. The number of hydrogen-bond acceptors (Lipinski definition) is 5. The molecule has 0 radical (unpaired) electrons. The second-order valence-corrected chi connectivity index (χ2v) is 9.39. The molecule has 4 atom stereocenters. The maximum absolute atomic E-state index is 12.7. The first-order valence-electron chi connectivity index (χ1n) is 11.0. The molecule has 162 valence electrons. The van der Waals surface area contributed by atoms with Crippen molar-refractivity contribution in [2.75, 3.05) is 6.61 Å². The van der Waals surface area contributed by atoms with Crippen molar-refractivity contribution < 1.29 is 23.8 Å². The molecule has 0 unspecified atom stereocenters. The molecule has 2 rings (SSSR count). The van der Waals surface area contributed by atoms with Gasteiger partial charge < -0.3 is 19.5 Å². The topological polar surface area (TPSA) is 73.9 Å². The molecule has 6 heteroatoms. The van der Waals surface area contributed by atoms with Crippen LogP contribution in [0.25, 0.3) is 0 Å². The lowest BCUT2D eigenvalue weighted by Crippen LogP contribution is -2.45. The van der Waals surface area contributed by atoms with Gasteiger partial charge in [-0.05, 0) is 72.1 Å². The molecule has 2 aliphatic rings. The third-order valence-electron chi connectivity index (χ3n) is 5.47. The highest BCUT2D eigenvalue weighted by Gasteiger charge is 2.35. The zero-order valence-corrected chi connectivity index (χ0v) is 18.3. The van der Waals surface area contributed by atoms with Gasteiger partial charge in [0.05, 0.1) is 6.10 Å². The van der Waals surface area contributed by atoms with Crippen molar-refractivity contribution in [1.29, 1.82) is 0 Å². The molecule has 0 aromatic rings. The van der Waals surface area contributed by atoms with Gasteiger partial charge in [0.2, 0.25) is 0 Å². The molecular formula is C22H39NO5. The second-order valence-electron chi connectivity index (χ2n) is 9.39. The Morgan fingerprint density at radius 2 is 1.93 bits per heavy atom. The summed E-state index contributed by atoms with van der Waals surface area (Å²) < 4.78 is 17.4. The Kier molecular flexibility index (Phi) is 8.59. The summed E-state index contributed by atoms with van der Waals surface area (Å²) in [4.78, 5) is 24.8. The molecule has 1 N–H and O–H groups in total. The maximum atomic E-state index is 12.7. The van der Waals surface area contributed by atoms with Crippen LogP contribution in [0.2, 0.25) is 0 Å². The number of amides is 1. The second kappa shape index (κ2) is 10.5. The van der Waals surface area contributed by atoms with Gasteiger partial charge in [0.15, 0.2) is 0 Å². The highest BCUT2D eigenvalue weighted by Crippen LogP contribution is 2.33. The zero-order chi connectivity index (χ0) is 20.7. The summed E-state index contributed by atoms with van der Waals surface area (Å²) in [5.41, 5.74) is -0.604. The summed E-state index contributed by atoms with van der Waals surface area (Å²) in [7, 11) is 0. The van der Waals surface area contributed by atoms with Gasteiger partial charge in [0.1, 0.15) is 17.7 Å². The lowest BCUT2D eigenvalue weighted by atomic mass is 9.88. The van der Waals surface area contributed by atoms with Gasteiger partial charge in [-0.2, -0.15) is 0 Å². The van der Waals surface area contributed by atoms with Crippen molar-refractivity contribution in [3.8, 4) is 0 Å². The van der Waals surface area contributed by atoms with Crippen LogP contribution in [-0.2, 0) is 19.0 Å². The Labute approximate surface area is 170 Å². The maximum Gasteiger partial charge on any atom is 0.408 e. The molecule has 0 spiro atoms. The number of unbranched alkanes of at least 4 members (excludes halogenated alkanes) is 1. The van der Waals surface area contributed by atoms with Crippen LogP contribution in [0, 0.1) is 11.8 Å². The third kappa shape index (κ3) is 7.98. The van der Waals surface area contributed by atoms with E-state index in [9.17, 15) is 9.59 Å². The molecule has 0 aromatic heterocycles. The van der Waals surface area contributed by atoms with Gasteiger partial charge in [-0.15, -0.1) is 0 Å². The number of esters is 1. The minimum atomic E-state index is -0.675. The van der Waals surface area contributed by atoms with E-state index < -0.39 is 17.7 Å². The summed E-state index contributed by atoms with van der Waals surface area (Å²) in [5.74, 6) is 0.532. The van der Waals surface area contributed by atoms with E-state index in [0.29, 0.717) is 12.3 Å². The molecule has 2 fully saturated rings. The minimum Gasteiger partial charge on any atom is -0.461 e. The molecule has 1 saturated carbocycles. The minimum absolute atomic E-state index is 0.107. The van der Waals surface area contributed by atoms with E-state index in [1.807, 2.05) is 6.92 Å². The fourth-order valence-corrected chi connectivity index (χ4v) is 3.70. The number of hydrogen-bond donors (Lipinski definition) is 1. The molecule has 1 heterocycles. The first-order valence-corrected chi connectivity index (χ1v) is 11.0. The number of cyclic esters (lactones) is 1. The average molecular weight is 398 g/mol. The van der Waals surface area contributed by atoms with Crippen molar-refractivity contribution in [3.63, 3.8) is 0 Å². The average Bonchev–Trinajstić information content (AvgIpc) is 3.39. The van der Waals surface area contributed by atoms with Crippen LogP contribution in [0.15, 0.2) is 0 Å². The van der Waals surface area contributed by atoms with Gasteiger partial charge >= 0.3 is 12.1 Å². The number of nitrogens with one attached hydrogen (secondary N) is 1. The summed E-state index contributed by atoms with van der Waals surface area (Å²) in [6.07, 6.45) is 7.24. The van der Waals surface area contributed by atoms with Crippen molar-refractivity contribution in [2.24, 2.45) is 11.8 Å². The molecule has 1 aliphatic heterocycles. The monoisotopic (exact) mass is 397 g/mol. The Morgan fingerprint density at radius 3 is 2.54 bits per heavy atom. The van der Waals surface area contributed by atoms with Gasteiger partial charge in [0.25, 0.3) is 0 Å². The van der Waals surface area contributed by atoms with Crippen LogP contribution in [-0.4, -0.2) is 42.5 Å². The first-order chi connectivity index (χ1) is 13.2.